The molecule has 0 bridgehead atoms. The standard InChI is InChI=1S/C28H31N7O2/c1-30-26-14-21(15-29)5-6-25(26)32-12-9-27(36)33-16-22-3-2-4-23(13-22)28-34-17-24(18-35-28)37-19-20-7-10-31-11-8-20/h2-6,9,12-14,17-18,20,30-32H,7-8,10-11,16,19H2,1H3,(H,33,36)/b12-9-. The highest BCUT2D eigenvalue weighted by Gasteiger charge is 2.14. The molecule has 0 saturated carbocycles. The van der Waals surface area contributed by atoms with Crippen molar-refractivity contribution in [3.05, 3.63) is 78.3 Å². The molecule has 0 aliphatic carbocycles. The molecule has 4 N–H and O–H groups in total. The third kappa shape index (κ3) is 7.53. The molecular formula is C28H31N7O2. The zero-order chi connectivity index (χ0) is 25.9. The molecule has 9 heteroatoms. The Kier molecular flexibility index (Phi) is 9.05. The molecular weight excluding hydrogens is 466 g/mol. The van der Waals surface area contributed by atoms with Crippen molar-refractivity contribution in [2.45, 2.75) is 19.4 Å². The minimum Gasteiger partial charge on any atom is -0.490 e. The molecule has 190 valence electrons. The van der Waals surface area contributed by atoms with E-state index in [9.17, 15) is 4.79 Å². The zero-order valence-electron chi connectivity index (χ0n) is 20.8. The van der Waals surface area contributed by atoms with Crippen molar-refractivity contribution >= 4 is 17.3 Å². The summed E-state index contributed by atoms with van der Waals surface area (Å²) in [5.41, 5.74) is 3.90. The van der Waals surface area contributed by atoms with E-state index in [0.29, 0.717) is 36.2 Å². The van der Waals surface area contributed by atoms with Gasteiger partial charge in [0, 0.05) is 31.4 Å². The predicted octanol–water partition coefficient (Wildman–Crippen LogP) is 3.68. The summed E-state index contributed by atoms with van der Waals surface area (Å²) in [6.07, 6.45) is 8.67. The summed E-state index contributed by atoms with van der Waals surface area (Å²) in [4.78, 5) is 21.2. The van der Waals surface area contributed by atoms with Crippen LogP contribution in [0.5, 0.6) is 5.75 Å². The molecule has 2 aromatic carbocycles. The van der Waals surface area contributed by atoms with Gasteiger partial charge in [-0.25, -0.2) is 9.97 Å². The Balaban J connectivity index is 1.27. The van der Waals surface area contributed by atoms with E-state index < -0.39 is 0 Å². The molecule has 1 aliphatic rings. The number of nitrogens with one attached hydrogen (secondary N) is 4. The highest BCUT2D eigenvalue weighted by Crippen LogP contribution is 2.23. The van der Waals surface area contributed by atoms with E-state index in [1.54, 1.807) is 43.8 Å². The second-order valence-corrected chi connectivity index (χ2v) is 8.76. The van der Waals surface area contributed by atoms with Crippen LogP contribution in [0.4, 0.5) is 11.4 Å². The van der Waals surface area contributed by atoms with Crippen LogP contribution in [0.25, 0.3) is 11.4 Å². The van der Waals surface area contributed by atoms with E-state index in [0.717, 1.165) is 48.4 Å². The van der Waals surface area contributed by atoms with Gasteiger partial charge in [-0.2, -0.15) is 5.26 Å². The molecule has 1 saturated heterocycles. The van der Waals surface area contributed by atoms with Crippen LogP contribution >= 0.6 is 0 Å². The molecule has 4 rings (SSSR count). The lowest BCUT2D eigenvalue weighted by Gasteiger charge is -2.22. The van der Waals surface area contributed by atoms with Gasteiger partial charge in [0.1, 0.15) is 0 Å². The predicted molar refractivity (Wildman–Crippen MR) is 144 cm³/mol. The maximum atomic E-state index is 12.3. The number of benzene rings is 2. The Morgan fingerprint density at radius 3 is 2.73 bits per heavy atom. The van der Waals surface area contributed by atoms with Crippen LogP contribution in [0.1, 0.15) is 24.0 Å². The molecule has 1 aromatic heterocycles. The molecule has 37 heavy (non-hydrogen) atoms. The van der Waals surface area contributed by atoms with Gasteiger partial charge in [0.15, 0.2) is 11.6 Å². The average Bonchev–Trinajstić information content (AvgIpc) is 2.96. The molecule has 0 radical (unpaired) electrons. The lowest BCUT2D eigenvalue weighted by Crippen LogP contribution is -2.30. The largest absolute Gasteiger partial charge is 0.490 e. The van der Waals surface area contributed by atoms with Gasteiger partial charge >= 0.3 is 0 Å². The number of rotatable bonds is 10. The van der Waals surface area contributed by atoms with Gasteiger partial charge in [-0.05, 0) is 61.7 Å². The van der Waals surface area contributed by atoms with Crippen LogP contribution in [0.2, 0.25) is 0 Å². The lowest BCUT2D eigenvalue weighted by atomic mass is 9.99. The zero-order valence-corrected chi connectivity index (χ0v) is 20.8. The molecule has 1 aliphatic heterocycles. The number of anilines is 2. The SMILES string of the molecule is CNc1cc(C#N)ccc1N/C=C\C(=O)NCc1cccc(-c2ncc(OCC3CCNCC3)cn2)c1. The van der Waals surface area contributed by atoms with Crippen molar-refractivity contribution in [2.75, 3.05) is 37.4 Å². The number of hydrogen-bond donors (Lipinski definition) is 4. The van der Waals surface area contributed by atoms with Gasteiger partial charge in [0.2, 0.25) is 5.91 Å². The number of aromatic nitrogens is 2. The summed E-state index contributed by atoms with van der Waals surface area (Å²) in [7, 11) is 1.77. The molecule has 0 spiro atoms. The van der Waals surface area contributed by atoms with Crippen molar-refractivity contribution in [1.82, 2.24) is 20.6 Å². The topological polar surface area (TPSA) is 124 Å². The monoisotopic (exact) mass is 497 g/mol. The minimum atomic E-state index is -0.232. The van der Waals surface area contributed by atoms with Gasteiger partial charge in [0.05, 0.1) is 42.0 Å². The maximum absolute atomic E-state index is 12.3. The second kappa shape index (κ2) is 13.0. The van der Waals surface area contributed by atoms with Crippen LogP contribution in [-0.2, 0) is 11.3 Å². The van der Waals surface area contributed by atoms with Gasteiger partial charge in [-0.1, -0.05) is 18.2 Å². The summed E-state index contributed by atoms with van der Waals surface area (Å²) >= 11 is 0. The molecule has 3 aromatic rings. The van der Waals surface area contributed by atoms with Crippen molar-refractivity contribution < 1.29 is 9.53 Å². The number of piperidine rings is 1. The fourth-order valence-electron chi connectivity index (χ4n) is 4.02. The van der Waals surface area contributed by atoms with Crippen molar-refractivity contribution in [1.29, 1.82) is 5.26 Å². The van der Waals surface area contributed by atoms with Crippen molar-refractivity contribution in [3.8, 4) is 23.2 Å². The van der Waals surface area contributed by atoms with Crippen molar-refractivity contribution in [3.63, 3.8) is 0 Å². The first-order chi connectivity index (χ1) is 18.1. The minimum absolute atomic E-state index is 0.232. The van der Waals surface area contributed by atoms with Crippen LogP contribution in [-0.4, -0.2) is 42.6 Å². The Morgan fingerprint density at radius 1 is 1.16 bits per heavy atom. The first-order valence-electron chi connectivity index (χ1n) is 12.3. The first-order valence-corrected chi connectivity index (χ1v) is 12.3. The number of ether oxygens (including phenoxy) is 1. The highest BCUT2D eigenvalue weighted by atomic mass is 16.5. The highest BCUT2D eigenvalue weighted by molar-refractivity contribution is 5.88. The molecule has 2 heterocycles. The van der Waals surface area contributed by atoms with E-state index in [1.165, 1.54) is 6.08 Å². The number of nitriles is 1. The van der Waals surface area contributed by atoms with E-state index in [4.69, 9.17) is 10.00 Å². The van der Waals surface area contributed by atoms with E-state index in [2.05, 4.69) is 37.3 Å². The fourth-order valence-corrected chi connectivity index (χ4v) is 4.02. The molecule has 0 atom stereocenters. The number of nitrogens with zero attached hydrogens (tertiary/aromatic N) is 3. The molecule has 9 nitrogen and oxygen atoms in total. The molecule has 1 amide bonds. The first kappa shape index (κ1) is 25.7. The number of amides is 1. The summed E-state index contributed by atoms with van der Waals surface area (Å²) in [5, 5.41) is 21.4. The van der Waals surface area contributed by atoms with Crippen LogP contribution in [0.3, 0.4) is 0 Å². The Bertz CT molecular complexity index is 1260. The number of carbonyl (C=O) groups is 1. The summed E-state index contributed by atoms with van der Waals surface area (Å²) in [5.74, 6) is 1.62. The third-order valence-electron chi connectivity index (χ3n) is 6.12. The second-order valence-electron chi connectivity index (χ2n) is 8.76. The van der Waals surface area contributed by atoms with Gasteiger partial charge in [-0.3, -0.25) is 4.79 Å². The summed E-state index contributed by atoms with van der Waals surface area (Å²) in [6, 6.07) is 15.1. The van der Waals surface area contributed by atoms with Crippen molar-refractivity contribution in [2.24, 2.45) is 5.92 Å². The summed E-state index contributed by atoms with van der Waals surface area (Å²) < 4.78 is 5.88. The molecule has 0 unspecified atom stereocenters. The Labute approximate surface area is 217 Å². The smallest absolute Gasteiger partial charge is 0.245 e. The van der Waals surface area contributed by atoms with Gasteiger partial charge in [-0.15, -0.1) is 0 Å². The van der Waals surface area contributed by atoms with Crippen LogP contribution in [0, 0.1) is 17.2 Å². The normalized spacial score (nSPS) is 13.6. The van der Waals surface area contributed by atoms with Gasteiger partial charge in [0.25, 0.3) is 0 Å². The lowest BCUT2D eigenvalue weighted by molar-refractivity contribution is -0.116. The van der Waals surface area contributed by atoms with E-state index in [-0.39, 0.29) is 5.91 Å². The fraction of sp³-hybridized carbons (Fsp3) is 0.286. The maximum Gasteiger partial charge on any atom is 0.245 e. The third-order valence-corrected chi connectivity index (χ3v) is 6.12. The Hall–Kier alpha value is -4.42. The number of hydrogen-bond acceptors (Lipinski definition) is 8. The molecule has 1 fully saturated rings. The van der Waals surface area contributed by atoms with E-state index >= 15 is 0 Å². The Morgan fingerprint density at radius 2 is 1.97 bits per heavy atom. The van der Waals surface area contributed by atoms with Crippen LogP contribution < -0.4 is 26.0 Å². The van der Waals surface area contributed by atoms with Gasteiger partial charge < -0.3 is 26.0 Å². The van der Waals surface area contributed by atoms with E-state index in [1.807, 2.05) is 24.3 Å². The van der Waals surface area contributed by atoms with Crippen LogP contribution in [0.15, 0.2) is 67.1 Å². The summed E-state index contributed by atoms with van der Waals surface area (Å²) in [6.45, 7) is 3.15. The quantitative estimate of drug-likeness (QED) is 0.313. The average molecular weight is 498 g/mol. The number of carbonyl (C=O) groups excluding carboxylic acids is 1.